The second-order valence-corrected chi connectivity index (χ2v) is 5.33. The van der Waals surface area contributed by atoms with Crippen LogP contribution in [0.2, 0.25) is 0 Å². The van der Waals surface area contributed by atoms with Crippen LogP contribution in [-0.4, -0.2) is 0 Å². The number of rotatable bonds is 0. The summed E-state index contributed by atoms with van der Waals surface area (Å²) in [5, 5.41) is 0. The van der Waals surface area contributed by atoms with Gasteiger partial charge in [0.15, 0.2) is 0 Å². The number of aryl methyl sites for hydroxylation is 2. The van der Waals surface area contributed by atoms with Crippen molar-refractivity contribution in [1.29, 1.82) is 0 Å². The molecule has 2 aromatic rings. The zero-order valence-corrected chi connectivity index (χ0v) is 12.8. The minimum atomic E-state index is -0.338. The van der Waals surface area contributed by atoms with Gasteiger partial charge in [-0.15, -0.1) is 0 Å². The molecule has 0 aliphatic rings. The van der Waals surface area contributed by atoms with Crippen LogP contribution in [0.15, 0.2) is 30.3 Å². The Balaban J connectivity index is 0.000000191. The van der Waals surface area contributed by atoms with E-state index in [0.717, 1.165) is 14.7 Å². The van der Waals surface area contributed by atoms with Gasteiger partial charge < -0.3 is 11.5 Å². The van der Waals surface area contributed by atoms with Gasteiger partial charge in [0.05, 0.1) is 11.4 Å². The second-order valence-electron chi connectivity index (χ2n) is 4.17. The van der Waals surface area contributed by atoms with E-state index in [1.807, 2.05) is 42.5 Å². The van der Waals surface area contributed by atoms with Gasteiger partial charge in [-0.3, -0.25) is 0 Å². The Morgan fingerprint density at radius 2 is 1.47 bits per heavy atom. The van der Waals surface area contributed by atoms with Gasteiger partial charge in [0.2, 0.25) is 0 Å². The monoisotopic (exact) mass is 376 g/mol. The van der Waals surface area contributed by atoms with Gasteiger partial charge in [-0.1, -0.05) is 6.07 Å². The molecule has 0 aromatic heterocycles. The Morgan fingerprint density at radius 1 is 0.895 bits per heavy atom. The van der Waals surface area contributed by atoms with E-state index in [0.29, 0.717) is 0 Å². The predicted octanol–water partition coefficient (Wildman–Crippen LogP) is 4.04. The van der Waals surface area contributed by atoms with Gasteiger partial charge in [0, 0.05) is 3.57 Å². The first-order valence-electron chi connectivity index (χ1n) is 5.54. The highest BCUT2D eigenvalue weighted by atomic mass is 127. The van der Waals surface area contributed by atoms with Crippen LogP contribution in [0.1, 0.15) is 11.1 Å². The maximum Gasteiger partial charge on any atom is 0.147 e. The van der Waals surface area contributed by atoms with Gasteiger partial charge in [-0.25, -0.2) is 8.78 Å². The molecular formula is C14H15F2IN2. The topological polar surface area (TPSA) is 52.0 Å². The van der Waals surface area contributed by atoms with Gasteiger partial charge in [0.1, 0.15) is 11.6 Å². The Hall–Kier alpha value is -1.37. The van der Waals surface area contributed by atoms with E-state index in [1.165, 1.54) is 12.1 Å². The predicted molar refractivity (Wildman–Crippen MR) is 83.8 cm³/mol. The van der Waals surface area contributed by atoms with Crippen molar-refractivity contribution in [2.45, 2.75) is 13.8 Å². The maximum atomic E-state index is 12.7. The maximum absolute atomic E-state index is 12.7. The van der Waals surface area contributed by atoms with Crippen molar-refractivity contribution in [3.05, 3.63) is 56.7 Å². The van der Waals surface area contributed by atoms with Crippen molar-refractivity contribution in [3.8, 4) is 0 Å². The van der Waals surface area contributed by atoms with Gasteiger partial charge in [-0.2, -0.15) is 0 Å². The molecule has 0 saturated carbocycles. The third-order valence-electron chi connectivity index (χ3n) is 2.38. The van der Waals surface area contributed by atoms with Gasteiger partial charge in [-0.05, 0) is 71.8 Å². The highest BCUT2D eigenvalue weighted by molar-refractivity contribution is 14.1. The van der Waals surface area contributed by atoms with Crippen LogP contribution in [0.4, 0.5) is 20.2 Å². The zero-order valence-electron chi connectivity index (χ0n) is 10.7. The molecule has 0 atom stereocenters. The summed E-state index contributed by atoms with van der Waals surface area (Å²) in [6, 6.07) is 8.02. The lowest BCUT2D eigenvalue weighted by Crippen LogP contribution is -1.94. The smallest absolute Gasteiger partial charge is 0.147 e. The Bertz CT molecular complexity index is 563. The number of benzene rings is 2. The van der Waals surface area contributed by atoms with Crippen molar-refractivity contribution in [2.24, 2.45) is 0 Å². The SMILES string of the molecule is Cc1cc(F)c(N)c(I)c1.Cc1ccc(N)c(F)c1. The fraction of sp³-hybridized carbons (Fsp3) is 0.143. The van der Waals surface area contributed by atoms with E-state index >= 15 is 0 Å². The third kappa shape index (κ3) is 4.66. The van der Waals surface area contributed by atoms with Gasteiger partial charge >= 0.3 is 0 Å². The van der Waals surface area contributed by atoms with E-state index in [1.54, 1.807) is 12.1 Å². The lowest BCUT2D eigenvalue weighted by molar-refractivity contribution is 0.630. The van der Waals surface area contributed by atoms with Crippen molar-refractivity contribution < 1.29 is 8.78 Å². The van der Waals surface area contributed by atoms with Crippen molar-refractivity contribution >= 4 is 34.0 Å². The summed E-state index contributed by atoms with van der Waals surface area (Å²) in [5.41, 5.74) is 12.8. The second kappa shape index (κ2) is 6.70. The normalized spacial score (nSPS) is 9.74. The Labute approximate surface area is 124 Å². The Morgan fingerprint density at radius 3 is 1.95 bits per heavy atom. The number of nitrogen functional groups attached to an aromatic ring is 2. The summed E-state index contributed by atoms with van der Waals surface area (Å²) in [7, 11) is 0. The summed E-state index contributed by atoms with van der Waals surface area (Å²) in [6.45, 7) is 3.66. The molecule has 19 heavy (non-hydrogen) atoms. The lowest BCUT2D eigenvalue weighted by Gasteiger charge is -2.00. The van der Waals surface area contributed by atoms with Crippen molar-refractivity contribution in [1.82, 2.24) is 0 Å². The van der Waals surface area contributed by atoms with E-state index < -0.39 is 0 Å². The average molecular weight is 376 g/mol. The van der Waals surface area contributed by atoms with Crippen LogP contribution in [0.25, 0.3) is 0 Å². The van der Waals surface area contributed by atoms with Crippen LogP contribution >= 0.6 is 22.6 Å². The first-order chi connectivity index (χ1) is 8.81. The number of hydrogen-bond acceptors (Lipinski definition) is 2. The molecule has 2 rings (SSSR count). The molecule has 0 unspecified atom stereocenters. The van der Waals surface area contributed by atoms with Crippen LogP contribution in [0.5, 0.6) is 0 Å². The number of hydrogen-bond donors (Lipinski definition) is 2. The molecule has 0 aliphatic carbocycles. The Kier molecular flexibility index (Phi) is 5.53. The lowest BCUT2D eigenvalue weighted by atomic mass is 10.2. The van der Waals surface area contributed by atoms with E-state index in [2.05, 4.69) is 0 Å². The molecule has 2 aromatic carbocycles. The molecule has 4 N–H and O–H groups in total. The van der Waals surface area contributed by atoms with E-state index in [-0.39, 0.29) is 23.0 Å². The van der Waals surface area contributed by atoms with Crippen LogP contribution in [0.3, 0.4) is 0 Å². The van der Waals surface area contributed by atoms with Gasteiger partial charge in [0.25, 0.3) is 0 Å². The van der Waals surface area contributed by atoms with Crippen molar-refractivity contribution in [2.75, 3.05) is 11.5 Å². The molecular weight excluding hydrogens is 361 g/mol. The molecule has 0 fully saturated rings. The standard InChI is InChI=1S/C7H7FIN.C7H8FN/c1-4-2-5(8)7(10)6(9)3-4;1-5-2-3-7(9)6(8)4-5/h2-3H,10H2,1H3;2-4H,9H2,1H3. The fourth-order valence-corrected chi connectivity index (χ4v) is 2.09. The fourth-order valence-electron chi connectivity index (χ4n) is 1.34. The number of anilines is 2. The molecule has 0 spiro atoms. The summed E-state index contributed by atoms with van der Waals surface area (Å²) in [6.07, 6.45) is 0. The zero-order chi connectivity index (χ0) is 14.6. The molecule has 102 valence electrons. The third-order valence-corrected chi connectivity index (χ3v) is 3.27. The van der Waals surface area contributed by atoms with Crippen molar-refractivity contribution in [3.63, 3.8) is 0 Å². The number of nitrogens with two attached hydrogens (primary N) is 2. The van der Waals surface area contributed by atoms with Crippen LogP contribution < -0.4 is 11.5 Å². The van der Waals surface area contributed by atoms with E-state index in [4.69, 9.17) is 11.5 Å². The first kappa shape index (κ1) is 15.7. The highest BCUT2D eigenvalue weighted by Gasteiger charge is 2.01. The van der Waals surface area contributed by atoms with Crippen LogP contribution in [0, 0.1) is 29.1 Å². The summed E-state index contributed by atoms with van der Waals surface area (Å²) >= 11 is 2.01. The minimum Gasteiger partial charge on any atom is -0.396 e. The summed E-state index contributed by atoms with van der Waals surface area (Å²) in [4.78, 5) is 0. The first-order valence-corrected chi connectivity index (χ1v) is 6.62. The van der Waals surface area contributed by atoms with E-state index in [9.17, 15) is 8.78 Å². The molecule has 0 aliphatic heterocycles. The largest absolute Gasteiger partial charge is 0.396 e. The summed E-state index contributed by atoms with van der Waals surface area (Å²) < 4.78 is 25.9. The summed E-state index contributed by atoms with van der Waals surface area (Å²) in [5.74, 6) is -0.667. The molecule has 5 heteroatoms. The average Bonchev–Trinajstić information content (AvgIpc) is 2.32. The molecule has 0 saturated heterocycles. The minimum absolute atomic E-state index is 0.209. The molecule has 2 nitrogen and oxygen atoms in total. The molecule has 0 radical (unpaired) electrons. The quantitative estimate of drug-likeness (QED) is 0.539. The molecule has 0 bridgehead atoms. The van der Waals surface area contributed by atoms with Crippen LogP contribution in [-0.2, 0) is 0 Å². The molecule has 0 amide bonds. The number of halogens is 3. The molecule has 0 heterocycles. The highest BCUT2D eigenvalue weighted by Crippen LogP contribution is 2.19.